The first-order valence-corrected chi connectivity index (χ1v) is 14.3. The van der Waals surface area contributed by atoms with Crippen LogP contribution in [0.4, 0.5) is 10.5 Å². The summed E-state index contributed by atoms with van der Waals surface area (Å²) in [4.78, 5) is 69.4. The number of benzene rings is 2. The molecule has 0 radical (unpaired) electrons. The highest BCUT2D eigenvalue weighted by Crippen LogP contribution is 2.64. The van der Waals surface area contributed by atoms with Gasteiger partial charge in [-0.3, -0.25) is 19.2 Å². The van der Waals surface area contributed by atoms with E-state index in [0.717, 1.165) is 12.7 Å². The fraction of sp³-hybridized carbons (Fsp3) is 0.367. The van der Waals surface area contributed by atoms with Crippen molar-refractivity contribution >= 4 is 58.0 Å². The maximum atomic E-state index is 14.4. The van der Waals surface area contributed by atoms with Crippen molar-refractivity contribution in [1.82, 2.24) is 4.90 Å². The second-order valence-corrected chi connectivity index (χ2v) is 12.2. The average Bonchev–Trinajstić information content (AvgIpc) is 3.34. The van der Waals surface area contributed by atoms with Crippen LogP contribution >= 0.6 is 22.6 Å². The van der Waals surface area contributed by atoms with Crippen LogP contribution in [0.15, 0.2) is 54.1 Å². The molecule has 0 aromatic heterocycles. The Hall–Kier alpha value is -3.74. The number of rotatable bonds is 3. The van der Waals surface area contributed by atoms with Crippen LogP contribution in [0.1, 0.15) is 31.2 Å². The summed E-state index contributed by atoms with van der Waals surface area (Å²) in [5.74, 6) is -5.55. The van der Waals surface area contributed by atoms with E-state index in [1.165, 1.54) is 12.0 Å². The number of halogens is 1. The summed E-state index contributed by atoms with van der Waals surface area (Å²) in [7, 11) is 2.54. The number of fused-ring (bicyclic) bond motifs is 4. The number of anilines is 1. The predicted molar refractivity (Wildman–Crippen MR) is 153 cm³/mol. The number of nitrogens with zero attached hydrogens (tertiary/aromatic N) is 2. The number of para-hydroxylation sites is 1. The molecule has 41 heavy (non-hydrogen) atoms. The number of carbonyl (C=O) groups excluding carboxylic acids is 5. The molecule has 0 bridgehead atoms. The zero-order chi connectivity index (χ0) is 29.4. The molecule has 5 amide bonds. The Kier molecular flexibility index (Phi) is 6.47. The molecule has 1 N–H and O–H groups in total. The number of likely N-dealkylation sites (tertiary alicyclic amines) is 1. The van der Waals surface area contributed by atoms with Gasteiger partial charge in [0.15, 0.2) is 11.5 Å². The third kappa shape index (κ3) is 3.70. The number of hydrogen-bond acceptors (Lipinski definition) is 8. The lowest BCUT2D eigenvalue weighted by molar-refractivity contribution is -0.138. The van der Waals surface area contributed by atoms with Gasteiger partial charge in [-0.25, -0.2) is 9.69 Å². The molecular weight excluding hydrogens is 643 g/mol. The zero-order valence-electron chi connectivity index (χ0n) is 22.5. The normalized spacial score (nSPS) is 30.5. The summed E-state index contributed by atoms with van der Waals surface area (Å²) >= 11 is 1.99. The van der Waals surface area contributed by atoms with Crippen LogP contribution in [-0.4, -0.2) is 53.9 Å². The topological polar surface area (TPSA) is 131 Å². The zero-order valence-corrected chi connectivity index (χ0v) is 24.7. The molecule has 4 aliphatic rings. The molecule has 2 aromatic rings. The second-order valence-electron chi connectivity index (χ2n) is 11.0. The molecule has 3 fully saturated rings. The van der Waals surface area contributed by atoms with Gasteiger partial charge >= 0.3 is 6.09 Å². The smallest absolute Gasteiger partial charge is 0.423 e. The van der Waals surface area contributed by atoms with Crippen LogP contribution in [0.2, 0.25) is 0 Å². The number of hydrogen-bond donors (Lipinski definition) is 1. The summed E-state index contributed by atoms with van der Waals surface area (Å²) < 4.78 is 10.7. The van der Waals surface area contributed by atoms with Crippen LogP contribution in [0, 0.1) is 32.7 Å². The molecule has 2 heterocycles. The minimum absolute atomic E-state index is 0.0476. The van der Waals surface area contributed by atoms with Crippen molar-refractivity contribution in [3.05, 3.63) is 63.2 Å². The van der Waals surface area contributed by atoms with Crippen LogP contribution in [0.5, 0.6) is 11.5 Å². The van der Waals surface area contributed by atoms with Crippen molar-refractivity contribution in [3.63, 3.8) is 0 Å². The fourth-order valence-electron chi connectivity index (χ4n) is 7.41. The van der Waals surface area contributed by atoms with Gasteiger partial charge in [-0.2, -0.15) is 4.90 Å². The van der Waals surface area contributed by atoms with E-state index in [2.05, 4.69) is 0 Å². The third-order valence-electron chi connectivity index (χ3n) is 9.25. The number of imide groups is 4. The fourth-order valence-corrected chi connectivity index (χ4v) is 8.03. The molecule has 0 unspecified atom stereocenters. The Labute approximate surface area is 249 Å². The Balaban J connectivity index is 1.55. The Morgan fingerprint density at radius 2 is 1.73 bits per heavy atom. The second kappa shape index (κ2) is 9.68. The Bertz CT molecular complexity index is 1550. The van der Waals surface area contributed by atoms with Gasteiger partial charge in [0, 0.05) is 5.92 Å². The van der Waals surface area contributed by atoms with Gasteiger partial charge in [0.1, 0.15) is 0 Å². The quantitative estimate of drug-likeness (QED) is 0.295. The van der Waals surface area contributed by atoms with Gasteiger partial charge in [0.2, 0.25) is 23.6 Å². The van der Waals surface area contributed by atoms with Crippen molar-refractivity contribution in [3.8, 4) is 11.5 Å². The number of phenols is 1. The standard InChI is InChI=1S/C30H27IN2O8/c1-30-19(26(36)32(28(30)38)15-7-5-4-6-8-15)13-18-16(23(30)14-11-20(31)24(34)21(12-14)40-2)9-10-17-22(18)27(37)33(25(17)35)29(39)41-3/h4-9,11-12,17-19,22-23,34H,10,13H2,1-3H3/t17-,18+,19-,22-,23-,30+/m0/s1. The highest BCUT2D eigenvalue weighted by molar-refractivity contribution is 14.1. The number of amides is 5. The molecule has 10 nitrogen and oxygen atoms in total. The molecule has 2 aliphatic heterocycles. The van der Waals surface area contributed by atoms with Crippen LogP contribution < -0.4 is 9.64 Å². The van der Waals surface area contributed by atoms with E-state index in [9.17, 15) is 29.1 Å². The van der Waals surface area contributed by atoms with Crippen LogP contribution in [0.3, 0.4) is 0 Å². The van der Waals surface area contributed by atoms with E-state index in [-0.39, 0.29) is 36.2 Å². The number of ether oxygens (including phenoxy) is 2. The lowest BCUT2D eigenvalue weighted by atomic mass is 9.51. The first-order chi connectivity index (χ1) is 19.6. The largest absolute Gasteiger partial charge is 0.504 e. The SMILES string of the molecule is COC(=O)N1C(=O)[C@H]2[C@H](CC=C3[C@H]2C[C@H]2C(=O)N(c4ccccc4)C(=O)[C@@]2(C)[C@H]3c2cc(I)c(O)c(OC)c2)C1=O. The van der Waals surface area contributed by atoms with Gasteiger partial charge in [-0.1, -0.05) is 29.8 Å². The number of carbonyl (C=O) groups is 5. The maximum absolute atomic E-state index is 14.4. The minimum Gasteiger partial charge on any atom is -0.504 e. The number of allylic oxidation sites excluding steroid dienone is 2. The van der Waals surface area contributed by atoms with Crippen LogP contribution in [0.25, 0.3) is 0 Å². The van der Waals surface area contributed by atoms with E-state index < -0.39 is 52.9 Å². The average molecular weight is 670 g/mol. The molecule has 6 atom stereocenters. The number of methoxy groups -OCH3 is 2. The van der Waals surface area contributed by atoms with E-state index in [1.807, 2.05) is 28.7 Å². The molecule has 1 saturated carbocycles. The van der Waals surface area contributed by atoms with Crippen molar-refractivity contribution in [2.75, 3.05) is 19.1 Å². The predicted octanol–water partition coefficient (Wildman–Crippen LogP) is 4.00. The monoisotopic (exact) mass is 670 g/mol. The van der Waals surface area contributed by atoms with Crippen molar-refractivity contribution in [2.45, 2.75) is 25.7 Å². The lowest BCUT2D eigenvalue weighted by Crippen LogP contribution is -2.49. The summed E-state index contributed by atoms with van der Waals surface area (Å²) in [6.07, 6.45) is 1.21. The highest BCUT2D eigenvalue weighted by Gasteiger charge is 2.68. The van der Waals surface area contributed by atoms with Gasteiger partial charge in [-0.15, -0.1) is 0 Å². The third-order valence-corrected chi connectivity index (χ3v) is 10.1. The molecule has 212 valence electrons. The minimum atomic E-state index is -1.24. The Morgan fingerprint density at radius 1 is 1.02 bits per heavy atom. The molecule has 0 spiro atoms. The maximum Gasteiger partial charge on any atom is 0.423 e. The first-order valence-electron chi connectivity index (χ1n) is 13.2. The van der Waals surface area contributed by atoms with Crippen LogP contribution in [-0.2, 0) is 23.9 Å². The molecule has 2 aliphatic carbocycles. The number of phenolic OH excluding ortho intramolecular Hbond substituents is 1. The van der Waals surface area contributed by atoms with Gasteiger partial charge in [0.05, 0.1) is 46.6 Å². The van der Waals surface area contributed by atoms with Crippen molar-refractivity contribution in [2.24, 2.45) is 29.1 Å². The molecule has 6 rings (SSSR count). The van der Waals surface area contributed by atoms with Crippen molar-refractivity contribution in [1.29, 1.82) is 0 Å². The summed E-state index contributed by atoms with van der Waals surface area (Å²) in [6, 6.07) is 12.1. The summed E-state index contributed by atoms with van der Waals surface area (Å²) in [5.41, 5.74) is 0.621. The van der Waals surface area contributed by atoms with Gasteiger partial charge in [-0.05, 0) is 78.1 Å². The first kappa shape index (κ1) is 27.4. The number of aromatic hydroxyl groups is 1. The van der Waals surface area contributed by atoms with E-state index >= 15 is 0 Å². The van der Waals surface area contributed by atoms with Crippen molar-refractivity contribution < 1.29 is 38.6 Å². The summed E-state index contributed by atoms with van der Waals surface area (Å²) in [5, 5.41) is 10.6. The van der Waals surface area contributed by atoms with E-state index in [0.29, 0.717) is 19.7 Å². The van der Waals surface area contributed by atoms with Gasteiger partial charge in [0.25, 0.3) is 0 Å². The van der Waals surface area contributed by atoms with E-state index in [4.69, 9.17) is 9.47 Å². The molecular formula is C30H27IN2O8. The molecule has 11 heteroatoms. The molecule has 2 aromatic carbocycles. The Morgan fingerprint density at radius 3 is 2.39 bits per heavy atom. The summed E-state index contributed by atoms with van der Waals surface area (Å²) in [6.45, 7) is 1.78. The van der Waals surface area contributed by atoms with E-state index in [1.54, 1.807) is 49.4 Å². The highest BCUT2D eigenvalue weighted by atomic mass is 127. The lowest BCUT2D eigenvalue weighted by Gasteiger charge is -2.49. The molecule has 2 saturated heterocycles. The van der Waals surface area contributed by atoms with Gasteiger partial charge < -0.3 is 14.6 Å².